The maximum absolute atomic E-state index is 13.5. The summed E-state index contributed by atoms with van der Waals surface area (Å²) in [6, 6.07) is 29.3. The zero-order valence-electron chi connectivity index (χ0n) is 22.9. The number of rotatable bonds is 8. The molecule has 1 N–H and O–H groups in total. The fourth-order valence-corrected chi connectivity index (χ4v) is 5.01. The Labute approximate surface area is 249 Å². The first-order chi connectivity index (χ1) is 20.4. The van der Waals surface area contributed by atoms with Crippen LogP contribution in [0.15, 0.2) is 103 Å². The molecule has 1 aliphatic heterocycles. The van der Waals surface area contributed by atoms with E-state index in [9.17, 15) is 18.8 Å². The summed E-state index contributed by atoms with van der Waals surface area (Å²) < 4.78 is 13.5. The quantitative estimate of drug-likeness (QED) is 0.287. The van der Waals surface area contributed by atoms with Crippen LogP contribution in [0.2, 0.25) is 5.02 Å². The molecule has 0 atom stereocenters. The van der Waals surface area contributed by atoms with E-state index >= 15 is 0 Å². The van der Waals surface area contributed by atoms with E-state index in [0.717, 1.165) is 11.3 Å². The van der Waals surface area contributed by atoms with Crippen LogP contribution in [0.1, 0.15) is 26.3 Å². The van der Waals surface area contributed by atoms with Gasteiger partial charge < -0.3 is 20.0 Å². The van der Waals surface area contributed by atoms with Crippen LogP contribution < -0.4 is 10.2 Å². The van der Waals surface area contributed by atoms with Crippen LogP contribution in [-0.4, -0.2) is 60.2 Å². The average Bonchev–Trinajstić information content (AvgIpc) is 3.01. The number of hydrogen-bond acceptors (Lipinski definition) is 4. The summed E-state index contributed by atoms with van der Waals surface area (Å²) in [5, 5.41) is 3.42. The van der Waals surface area contributed by atoms with Crippen molar-refractivity contribution in [1.29, 1.82) is 0 Å². The lowest BCUT2D eigenvalue weighted by Gasteiger charge is -2.36. The number of amides is 3. The Balaban J connectivity index is 1.18. The Morgan fingerprint density at radius 2 is 1.48 bits per heavy atom. The average molecular weight is 585 g/mol. The van der Waals surface area contributed by atoms with Crippen LogP contribution >= 0.6 is 11.6 Å². The van der Waals surface area contributed by atoms with Gasteiger partial charge in [0.25, 0.3) is 11.8 Å². The minimum absolute atomic E-state index is 0.126. The number of halogens is 2. The third-order valence-electron chi connectivity index (χ3n) is 7.08. The lowest BCUT2D eigenvalue weighted by Crippen LogP contribution is -2.48. The molecule has 0 radical (unpaired) electrons. The van der Waals surface area contributed by atoms with E-state index in [1.54, 1.807) is 35.2 Å². The van der Waals surface area contributed by atoms with E-state index in [0.29, 0.717) is 48.0 Å². The van der Waals surface area contributed by atoms with Crippen LogP contribution in [0.5, 0.6) is 0 Å². The van der Waals surface area contributed by atoms with Crippen molar-refractivity contribution in [1.82, 2.24) is 9.80 Å². The zero-order valence-corrected chi connectivity index (χ0v) is 23.6. The summed E-state index contributed by atoms with van der Waals surface area (Å²) in [5.41, 5.74) is 3.29. The lowest BCUT2D eigenvalue weighted by atomic mass is 10.1. The highest BCUT2D eigenvalue weighted by molar-refractivity contribution is 6.30. The molecule has 1 heterocycles. The Bertz CT molecular complexity index is 1540. The third-order valence-corrected chi connectivity index (χ3v) is 7.34. The smallest absolute Gasteiger partial charge is 0.254 e. The van der Waals surface area contributed by atoms with E-state index in [1.807, 2.05) is 54.6 Å². The second-order valence-corrected chi connectivity index (χ2v) is 10.5. The van der Waals surface area contributed by atoms with Gasteiger partial charge in [-0.2, -0.15) is 0 Å². The topological polar surface area (TPSA) is 73.0 Å². The normalized spacial score (nSPS) is 13.0. The van der Waals surface area contributed by atoms with Crippen molar-refractivity contribution in [3.63, 3.8) is 0 Å². The van der Waals surface area contributed by atoms with Gasteiger partial charge in [0.1, 0.15) is 12.4 Å². The number of anilines is 2. The van der Waals surface area contributed by atoms with E-state index in [-0.39, 0.29) is 30.8 Å². The molecular weight excluding hydrogens is 555 g/mol. The minimum atomic E-state index is -0.427. The fraction of sp³-hybridized carbons (Fsp3) is 0.182. The predicted molar refractivity (Wildman–Crippen MR) is 162 cm³/mol. The largest absolute Gasteiger partial charge is 0.368 e. The van der Waals surface area contributed by atoms with E-state index in [1.165, 1.54) is 23.1 Å². The van der Waals surface area contributed by atoms with E-state index < -0.39 is 5.82 Å². The van der Waals surface area contributed by atoms with Crippen molar-refractivity contribution in [2.45, 2.75) is 6.54 Å². The predicted octanol–water partition coefficient (Wildman–Crippen LogP) is 5.72. The molecule has 1 aliphatic rings. The molecule has 0 unspecified atom stereocenters. The molecule has 0 spiro atoms. The number of benzene rings is 4. The first-order valence-electron chi connectivity index (χ1n) is 13.6. The summed E-state index contributed by atoms with van der Waals surface area (Å²) in [5.74, 6) is -1.19. The summed E-state index contributed by atoms with van der Waals surface area (Å²) in [6.07, 6.45) is 0. The molecule has 0 aromatic heterocycles. The Hall–Kier alpha value is -4.69. The van der Waals surface area contributed by atoms with Gasteiger partial charge >= 0.3 is 0 Å². The molecule has 0 bridgehead atoms. The summed E-state index contributed by atoms with van der Waals surface area (Å²) in [7, 11) is 0. The number of nitrogens with one attached hydrogen (secondary N) is 1. The van der Waals surface area contributed by atoms with Crippen LogP contribution in [-0.2, 0) is 11.3 Å². The van der Waals surface area contributed by atoms with Gasteiger partial charge in [0.2, 0.25) is 5.91 Å². The standard InChI is InChI=1S/C33H30ClFN4O3/c34-27-11-9-25(10-12-27)32(41)39(22-24-5-2-1-3-6-24)23-31(40)36-29-13-15-30(16-14-29)37-17-19-38(20-18-37)33(42)26-7-4-8-28(35)21-26/h1-16,21H,17-20,22-23H2,(H,36,40). The molecule has 3 amide bonds. The molecule has 0 saturated carbocycles. The maximum Gasteiger partial charge on any atom is 0.254 e. The van der Waals surface area contributed by atoms with Crippen LogP contribution in [0.25, 0.3) is 0 Å². The first-order valence-corrected chi connectivity index (χ1v) is 14.0. The number of piperazine rings is 1. The molecule has 4 aromatic rings. The molecular formula is C33H30ClFN4O3. The molecule has 4 aromatic carbocycles. The van der Waals surface area contributed by atoms with Crippen LogP contribution in [0.4, 0.5) is 15.8 Å². The molecule has 5 rings (SSSR count). The highest BCUT2D eigenvalue weighted by atomic mass is 35.5. The van der Waals surface area contributed by atoms with E-state index in [2.05, 4.69) is 10.2 Å². The van der Waals surface area contributed by atoms with Gasteiger partial charge in [-0.1, -0.05) is 48.0 Å². The molecule has 9 heteroatoms. The molecule has 7 nitrogen and oxygen atoms in total. The minimum Gasteiger partial charge on any atom is -0.368 e. The zero-order chi connectivity index (χ0) is 29.5. The van der Waals surface area contributed by atoms with Gasteiger partial charge in [-0.05, 0) is 72.3 Å². The number of nitrogens with zero attached hydrogens (tertiary/aromatic N) is 3. The van der Waals surface area contributed by atoms with Crippen LogP contribution in [0, 0.1) is 5.82 Å². The fourth-order valence-electron chi connectivity index (χ4n) is 4.88. The Morgan fingerprint density at radius 1 is 0.786 bits per heavy atom. The molecule has 1 saturated heterocycles. The second-order valence-electron chi connectivity index (χ2n) is 10.0. The van der Waals surface area contributed by atoms with Crippen molar-refractivity contribution in [2.24, 2.45) is 0 Å². The number of hydrogen-bond donors (Lipinski definition) is 1. The van der Waals surface area contributed by atoms with Crippen molar-refractivity contribution >= 4 is 40.7 Å². The lowest BCUT2D eigenvalue weighted by molar-refractivity contribution is -0.117. The molecule has 214 valence electrons. The van der Waals surface area contributed by atoms with Gasteiger partial charge in [0.05, 0.1) is 0 Å². The summed E-state index contributed by atoms with van der Waals surface area (Å²) in [4.78, 5) is 44.4. The summed E-state index contributed by atoms with van der Waals surface area (Å²) >= 11 is 5.99. The summed E-state index contributed by atoms with van der Waals surface area (Å²) in [6.45, 7) is 2.46. The molecule has 0 aliphatic carbocycles. The maximum atomic E-state index is 13.5. The molecule has 42 heavy (non-hydrogen) atoms. The SMILES string of the molecule is O=C(CN(Cc1ccccc1)C(=O)c1ccc(Cl)cc1)Nc1ccc(N2CCN(C(=O)c3cccc(F)c3)CC2)cc1. The molecule has 1 fully saturated rings. The number of carbonyl (C=O) groups is 3. The van der Waals surface area contributed by atoms with Crippen molar-refractivity contribution in [2.75, 3.05) is 42.9 Å². The van der Waals surface area contributed by atoms with Gasteiger partial charge in [-0.25, -0.2) is 4.39 Å². The van der Waals surface area contributed by atoms with Gasteiger partial charge in [-0.15, -0.1) is 0 Å². The van der Waals surface area contributed by atoms with Crippen molar-refractivity contribution in [3.05, 3.63) is 131 Å². The monoisotopic (exact) mass is 584 g/mol. The van der Waals surface area contributed by atoms with Crippen molar-refractivity contribution in [3.8, 4) is 0 Å². The van der Waals surface area contributed by atoms with Crippen molar-refractivity contribution < 1.29 is 18.8 Å². The first kappa shape index (κ1) is 28.8. The third kappa shape index (κ3) is 7.33. The Morgan fingerprint density at radius 3 is 2.14 bits per heavy atom. The van der Waals surface area contributed by atoms with Gasteiger partial charge in [0, 0.05) is 60.2 Å². The van der Waals surface area contributed by atoms with E-state index in [4.69, 9.17) is 11.6 Å². The van der Waals surface area contributed by atoms with Gasteiger partial charge in [-0.3, -0.25) is 14.4 Å². The second kappa shape index (κ2) is 13.3. The highest BCUT2D eigenvalue weighted by Crippen LogP contribution is 2.21. The Kier molecular flexibility index (Phi) is 9.14. The number of carbonyl (C=O) groups excluding carboxylic acids is 3. The van der Waals surface area contributed by atoms with Crippen LogP contribution in [0.3, 0.4) is 0 Å². The van der Waals surface area contributed by atoms with Gasteiger partial charge in [0.15, 0.2) is 0 Å². The highest BCUT2D eigenvalue weighted by Gasteiger charge is 2.23.